The lowest BCUT2D eigenvalue weighted by Crippen LogP contribution is -2.05. The van der Waals surface area contributed by atoms with E-state index in [2.05, 4.69) is 27.5 Å². The molecular formula is C13H12ClN3S. The molecule has 0 fully saturated rings. The number of alkyl halides is 1. The normalized spacial score (nSPS) is 13.0. The van der Waals surface area contributed by atoms with Crippen LogP contribution < -0.4 is 0 Å². The first-order valence-corrected chi connectivity index (χ1v) is 7.13. The lowest BCUT2D eigenvalue weighted by Gasteiger charge is -2.11. The molecule has 0 bridgehead atoms. The molecule has 0 aliphatic carbocycles. The van der Waals surface area contributed by atoms with Crippen LogP contribution in [0.2, 0.25) is 0 Å². The standard InChI is InChI=1S/C13H12ClN3S/c1-9(13-16-10(6-14)7-18-13)17-8-15-11-4-2-3-5-12(11)17/h2-5,7-9H,6H2,1H3. The van der Waals surface area contributed by atoms with E-state index in [1.54, 1.807) is 11.3 Å². The van der Waals surface area contributed by atoms with Crippen molar-refractivity contribution in [2.24, 2.45) is 0 Å². The summed E-state index contributed by atoms with van der Waals surface area (Å²) in [5.41, 5.74) is 3.08. The Morgan fingerprint density at radius 2 is 2.22 bits per heavy atom. The molecule has 0 N–H and O–H groups in total. The second kappa shape index (κ2) is 4.71. The van der Waals surface area contributed by atoms with Crippen LogP contribution in [0, 0.1) is 0 Å². The summed E-state index contributed by atoms with van der Waals surface area (Å²) in [4.78, 5) is 8.94. The van der Waals surface area contributed by atoms with Gasteiger partial charge in [-0.3, -0.25) is 0 Å². The summed E-state index contributed by atoms with van der Waals surface area (Å²) in [5.74, 6) is 0.466. The monoisotopic (exact) mass is 277 g/mol. The molecule has 3 rings (SSSR count). The summed E-state index contributed by atoms with van der Waals surface area (Å²) in [7, 11) is 0. The highest BCUT2D eigenvalue weighted by atomic mass is 35.5. The minimum absolute atomic E-state index is 0.180. The van der Waals surface area contributed by atoms with Crippen molar-refractivity contribution in [1.82, 2.24) is 14.5 Å². The van der Waals surface area contributed by atoms with Gasteiger partial charge < -0.3 is 4.57 Å². The molecular weight excluding hydrogens is 266 g/mol. The number of hydrogen-bond acceptors (Lipinski definition) is 3. The number of thiazole rings is 1. The first-order valence-electron chi connectivity index (χ1n) is 5.71. The van der Waals surface area contributed by atoms with Gasteiger partial charge in [-0.05, 0) is 19.1 Å². The molecule has 18 heavy (non-hydrogen) atoms. The van der Waals surface area contributed by atoms with E-state index in [4.69, 9.17) is 11.6 Å². The molecule has 3 nitrogen and oxygen atoms in total. The van der Waals surface area contributed by atoms with Gasteiger partial charge in [0.25, 0.3) is 0 Å². The maximum Gasteiger partial charge on any atom is 0.116 e. The minimum atomic E-state index is 0.180. The number of benzene rings is 1. The van der Waals surface area contributed by atoms with E-state index in [1.807, 2.05) is 29.9 Å². The van der Waals surface area contributed by atoms with Crippen LogP contribution in [0.25, 0.3) is 11.0 Å². The van der Waals surface area contributed by atoms with Crippen LogP contribution in [0.3, 0.4) is 0 Å². The van der Waals surface area contributed by atoms with Crippen LogP contribution in [0.4, 0.5) is 0 Å². The van der Waals surface area contributed by atoms with E-state index in [0.717, 1.165) is 21.7 Å². The fraction of sp³-hybridized carbons (Fsp3) is 0.231. The number of halogens is 1. The van der Waals surface area contributed by atoms with Gasteiger partial charge in [0, 0.05) is 5.38 Å². The Bertz CT molecular complexity index is 673. The number of aromatic nitrogens is 3. The Labute approximate surface area is 114 Å². The van der Waals surface area contributed by atoms with Crippen molar-refractivity contribution in [2.45, 2.75) is 18.8 Å². The Morgan fingerprint density at radius 1 is 1.39 bits per heavy atom. The molecule has 2 aromatic heterocycles. The second-order valence-electron chi connectivity index (χ2n) is 4.13. The van der Waals surface area contributed by atoms with E-state index in [9.17, 15) is 0 Å². The van der Waals surface area contributed by atoms with Crippen molar-refractivity contribution >= 4 is 34.0 Å². The smallest absolute Gasteiger partial charge is 0.116 e. The van der Waals surface area contributed by atoms with E-state index >= 15 is 0 Å². The zero-order valence-corrected chi connectivity index (χ0v) is 11.4. The largest absolute Gasteiger partial charge is 0.321 e. The predicted octanol–water partition coefficient (Wildman–Crippen LogP) is 3.84. The molecule has 1 aromatic carbocycles. The number of imidazole rings is 1. The molecule has 1 atom stereocenters. The van der Waals surface area contributed by atoms with Crippen molar-refractivity contribution < 1.29 is 0 Å². The quantitative estimate of drug-likeness (QED) is 0.681. The highest BCUT2D eigenvalue weighted by Crippen LogP contribution is 2.26. The number of rotatable bonds is 3. The number of para-hydroxylation sites is 2. The van der Waals surface area contributed by atoms with Crippen LogP contribution in [0.15, 0.2) is 36.0 Å². The van der Waals surface area contributed by atoms with Crippen LogP contribution in [0.5, 0.6) is 0 Å². The third kappa shape index (κ3) is 1.91. The van der Waals surface area contributed by atoms with E-state index in [0.29, 0.717) is 5.88 Å². The van der Waals surface area contributed by atoms with E-state index in [1.165, 1.54) is 0 Å². The van der Waals surface area contributed by atoms with Crippen LogP contribution in [-0.2, 0) is 5.88 Å². The van der Waals surface area contributed by atoms with E-state index < -0.39 is 0 Å². The fourth-order valence-corrected chi connectivity index (χ4v) is 3.08. The molecule has 5 heteroatoms. The SMILES string of the molecule is CC(c1nc(CCl)cs1)n1cnc2ccccc21. The number of fused-ring (bicyclic) bond motifs is 1. The molecule has 0 spiro atoms. The maximum atomic E-state index is 5.79. The van der Waals surface area contributed by atoms with Crippen LogP contribution in [0.1, 0.15) is 23.7 Å². The zero-order valence-electron chi connectivity index (χ0n) is 9.88. The highest BCUT2D eigenvalue weighted by molar-refractivity contribution is 7.09. The van der Waals surface area contributed by atoms with Gasteiger partial charge in [0.15, 0.2) is 0 Å². The van der Waals surface area contributed by atoms with Gasteiger partial charge >= 0.3 is 0 Å². The van der Waals surface area contributed by atoms with Gasteiger partial charge in [0.1, 0.15) is 5.01 Å². The van der Waals surface area contributed by atoms with Gasteiger partial charge in [-0.25, -0.2) is 9.97 Å². The molecule has 1 unspecified atom stereocenters. The topological polar surface area (TPSA) is 30.7 Å². The number of hydrogen-bond donors (Lipinski definition) is 0. The predicted molar refractivity (Wildman–Crippen MR) is 75.2 cm³/mol. The fourth-order valence-electron chi connectivity index (χ4n) is 1.98. The molecule has 0 aliphatic rings. The average molecular weight is 278 g/mol. The van der Waals surface area contributed by atoms with Crippen molar-refractivity contribution in [1.29, 1.82) is 0 Å². The van der Waals surface area contributed by atoms with Crippen molar-refractivity contribution in [3.63, 3.8) is 0 Å². The Morgan fingerprint density at radius 3 is 3.00 bits per heavy atom. The summed E-state index contributed by atoms with van der Waals surface area (Å²) in [5, 5.41) is 3.08. The first kappa shape index (κ1) is 11.7. The maximum absolute atomic E-state index is 5.79. The molecule has 2 heterocycles. The molecule has 0 amide bonds. The van der Waals surface area contributed by atoms with Gasteiger partial charge in [0.2, 0.25) is 0 Å². The highest BCUT2D eigenvalue weighted by Gasteiger charge is 2.14. The molecule has 92 valence electrons. The van der Waals surface area contributed by atoms with Crippen molar-refractivity contribution in [3.8, 4) is 0 Å². The Balaban J connectivity index is 2.03. The van der Waals surface area contributed by atoms with Crippen molar-refractivity contribution in [3.05, 3.63) is 46.7 Å². The van der Waals surface area contributed by atoms with Crippen molar-refractivity contribution in [2.75, 3.05) is 0 Å². The van der Waals surface area contributed by atoms with Gasteiger partial charge in [-0.15, -0.1) is 22.9 Å². The lowest BCUT2D eigenvalue weighted by atomic mass is 10.3. The second-order valence-corrected chi connectivity index (χ2v) is 5.28. The van der Waals surface area contributed by atoms with Gasteiger partial charge in [-0.1, -0.05) is 12.1 Å². The zero-order chi connectivity index (χ0) is 12.5. The van der Waals surface area contributed by atoms with E-state index in [-0.39, 0.29) is 6.04 Å². The average Bonchev–Trinajstić information content (AvgIpc) is 3.04. The summed E-state index contributed by atoms with van der Waals surface area (Å²) in [6, 6.07) is 8.30. The molecule has 0 radical (unpaired) electrons. The summed E-state index contributed by atoms with van der Waals surface area (Å²) in [6.45, 7) is 2.13. The molecule has 3 aromatic rings. The summed E-state index contributed by atoms with van der Waals surface area (Å²) in [6.07, 6.45) is 1.87. The molecule has 0 saturated heterocycles. The van der Waals surface area contributed by atoms with Crippen LogP contribution >= 0.6 is 22.9 Å². The van der Waals surface area contributed by atoms with Gasteiger partial charge in [-0.2, -0.15) is 0 Å². The first-order chi connectivity index (χ1) is 8.79. The van der Waals surface area contributed by atoms with Crippen LogP contribution in [-0.4, -0.2) is 14.5 Å². The third-order valence-electron chi connectivity index (χ3n) is 2.96. The Kier molecular flexibility index (Phi) is 3.06. The molecule has 0 aliphatic heterocycles. The summed E-state index contributed by atoms with van der Waals surface area (Å²) >= 11 is 7.43. The minimum Gasteiger partial charge on any atom is -0.321 e. The third-order valence-corrected chi connectivity index (χ3v) is 4.30. The lowest BCUT2D eigenvalue weighted by molar-refractivity contribution is 0.651. The number of nitrogens with zero attached hydrogens (tertiary/aromatic N) is 3. The Hall–Kier alpha value is -1.39. The molecule has 0 saturated carbocycles. The van der Waals surface area contributed by atoms with Gasteiger partial charge in [0.05, 0.1) is 35.0 Å². The summed E-state index contributed by atoms with van der Waals surface area (Å²) < 4.78 is 2.15.